The highest BCUT2D eigenvalue weighted by Crippen LogP contribution is 2.34. The summed E-state index contributed by atoms with van der Waals surface area (Å²) in [5.41, 5.74) is 0.803. The van der Waals surface area contributed by atoms with Crippen LogP contribution in [0.5, 0.6) is 5.88 Å². The molecule has 0 saturated carbocycles. The smallest absolute Gasteiger partial charge is 0.421 e. The van der Waals surface area contributed by atoms with Crippen LogP contribution < -0.4 is 14.8 Å². The van der Waals surface area contributed by atoms with Crippen LogP contribution in [0.25, 0.3) is 0 Å². The number of aromatic nitrogens is 4. The molecule has 0 aliphatic heterocycles. The second-order valence-electron chi connectivity index (χ2n) is 7.75. The number of nitrogens with zero attached hydrogens (tertiary/aromatic N) is 4. The maximum absolute atomic E-state index is 13.1. The highest BCUT2D eigenvalue weighted by atomic mass is 79.9. The SMILES string of the molecule is Cc1cc(C)n(CC(C)Nc2ncc(Br)cc2S(=O)(=O)NCCOc2ncccc2C(F)(F)F)n1. The van der Waals surface area contributed by atoms with Gasteiger partial charge in [-0.15, -0.1) is 0 Å². The molecule has 3 heterocycles. The highest BCUT2D eigenvalue weighted by molar-refractivity contribution is 9.10. The van der Waals surface area contributed by atoms with Crippen molar-refractivity contribution in [2.45, 2.75) is 44.4 Å². The van der Waals surface area contributed by atoms with Crippen molar-refractivity contribution >= 4 is 31.8 Å². The first-order chi connectivity index (χ1) is 16.4. The number of anilines is 1. The van der Waals surface area contributed by atoms with E-state index < -0.39 is 27.6 Å². The fraction of sp³-hybridized carbons (Fsp3) is 0.381. The minimum Gasteiger partial charge on any atom is -0.476 e. The van der Waals surface area contributed by atoms with Gasteiger partial charge < -0.3 is 10.1 Å². The molecule has 3 rings (SSSR count). The highest BCUT2D eigenvalue weighted by Gasteiger charge is 2.35. The summed E-state index contributed by atoms with van der Waals surface area (Å²) in [5.74, 6) is -0.497. The Kier molecular flexibility index (Phi) is 8.38. The van der Waals surface area contributed by atoms with Crippen LogP contribution in [0.2, 0.25) is 0 Å². The Balaban J connectivity index is 1.67. The molecule has 0 bridgehead atoms. The maximum Gasteiger partial charge on any atom is 0.421 e. The summed E-state index contributed by atoms with van der Waals surface area (Å²) in [4.78, 5) is 7.66. The molecule has 0 aliphatic rings. The van der Waals surface area contributed by atoms with Crippen LogP contribution in [-0.4, -0.2) is 47.4 Å². The van der Waals surface area contributed by atoms with Gasteiger partial charge in [0.05, 0.1) is 12.2 Å². The number of aryl methyl sites for hydroxylation is 2. The molecule has 9 nitrogen and oxygen atoms in total. The molecule has 0 saturated heterocycles. The van der Waals surface area contributed by atoms with Crippen molar-refractivity contribution in [2.24, 2.45) is 0 Å². The van der Waals surface area contributed by atoms with Crippen LogP contribution in [0.4, 0.5) is 19.0 Å². The zero-order chi connectivity index (χ0) is 25.8. The average molecular weight is 577 g/mol. The van der Waals surface area contributed by atoms with Gasteiger partial charge in [-0.1, -0.05) is 0 Å². The molecule has 1 unspecified atom stereocenters. The van der Waals surface area contributed by atoms with E-state index in [4.69, 9.17) is 4.74 Å². The van der Waals surface area contributed by atoms with E-state index in [-0.39, 0.29) is 29.9 Å². The molecule has 0 spiro atoms. The van der Waals surface area contributed by atoms with Crippen LogP contribution in [0.1, 0.15) is 23.9 Å². The molecular formula is C21H24BrF3N6O3S. The van der Waals surface area contributed by atoms with Crippen molar-refractivity contribution in [3.63, 3.8) is 0 Å². The Hall–Kier alpha value is -2.71. The molecule has 14 heteroatoms. The predicted molar refractivity (Wildman–Crippen MR) is 127 cm³/mol. The lowest BCUT2D eigenvalue weighted by atomic mass is 10.2. The van der Waals surface area contributed by atoms with Crippen molar-refractivity contribution in [3.05, 3.63) is 58.1 Å². The molecule has 35 heavy (non-hydrogen) atoms. The first kappa shape index (κ1) is 26.9. The largest absolute Gasteiger partial charge is 0.476 e. The van der Waals surface area contributed by atoms with Crippen molar-refractivity contribution in [1.29, 1.82) is 0 Å². The van der Waals surface area contributed by atoms with Crippen molar-refractivity contribution < 1.29 is 26.3 Å². The first-order valence-corrected chi connectivity index (χ1v) is 12.7. The Morgan fingerprint density at radius 1 is 1.23 bits per heavy atom. The zero-order valence-corrected chi connectivity index (χ0v) is 21.5. The zero-order valence-electron chi connectivity index (χ0n) is 19.1. The van der Waals surface area contributed by atoms with Crippen molar-refractivity contribution in [1.82, 2.24) is 24.5 Å². The summed E-state index contributed by atoms with van der Waals surface area (Å²) < 4.78 is 74.8. The Morgan fingerprint density at radius 3 is 2.63 bits per heavy atom. The van der Waals surface area contributed by atoms with E-state index in [1.165, 1.54) is 12.3 Å². The van der Waals surface area contributed by atoms with E-state index in [1.54, 1.807) is 0 Å². The first-order valence-electron chi connectivity index (χ1n) is 10.4. The molecule has 3 aromatic rings. The minimum atomic E-state index is -4.64. The fourth-order valence-corrected chi connectivity index (χ4v) is 4.89. The van der Waals surface area contributed by atoms with Gasteiger partial charge in [0.2, 0.25) is 15.9 Å². The Morgan fingerprint density at radius 2 is 1.97 bits per heavy atom. The van der Waals surface area contributed by atoms with E-state index in [1.807, 2.05) is 31.5 Å². The lowest BCUT2D eigenvalue weighted by molar-refractivity contribution is -0.139. The minimum absolute atomic E-state index is 0.124. The number of sulfonamides is 1. The summed E-state index contributed by atoms with van der Waals surface area (Å²) in [6.07, 6.45) is -2.02. The van der Waals surface area contributed by atoms with Gasteiger partial charge in [0.1, 0.15) is 22.9 Å². The molecule has 3 aromatic heterocycles. The lowest BCUT2D eigenvalue weighted by Crippen LogP contribution is -2.31. The quantitative estimate of drug-likeness (QED) is 0.352. The molecule has 0 amide bonds. The summed E-state index contributed by atoms with van der Waals surface area (Å²) in [6, 6.07) is 5.08. The van der Waals surface area contributed by atoms with Gasteiger partial charge in [0.25, 0.3) is 0 Å². The molecule has 0 radical (unpaired) electrons. The number of pyridine rings is 2. The van der Waals surface area contributed by atoms with Gasteiger partial charge in [-0.2, -0.15) is 18.3 Å². The lowest BCUT2D eigenvalue weighted by Gasteiger charge is -2.18. The molecule has 0 fully saturated rings. The van der Waals surface area contributed by atoms with Gasteiger partial charge in [-0.05, 0) is 61.0 Å². The van der Waals surface area contributed by atoms with Gasteiger partial charge in [-0.25, -0.2) is 23.1 Å². The monoisotopic (exact) mass is 576 g/mol. The topological polar surface area (TPSA) is 111 Å². The third-order valence-corrected chi connectivity index (χ3v) is 6.66. The molecule has 0 aliphatic carbocycles. The van der Waals surface area contributed by atoms with Gasteiger partial charge >= 0.3 is 6.18 Å². The second kappa shape index (κ2) is 10.9. The number of hydrogen-bond acceptors (Lipinski definition) is 7. The normalized spacial score (nSPS) is 13.0. The van der Waals surface area contributed by atoms with Gasteiger partial charge in [0, 0.05) is 35.1 Å². The number of rotatable bonds is 10. The summed E-state index contributed by atoms with van der Waals surface area (Å²) in [6.45, 7) is 5.50. The van der Waals surface area contributed by atoms with Gasteiger partial charge in [0.15, 0.2) is 0 Å². The average Bonchev–Trinajstić information content (AvgIpc) is 3.08. The third-order valence-electron chi connectivity index (χ3n) is 4.75. The van der Waals surface area contributed by atoms with E-state index in [0.717, 1.165) is 29.7 Å². The number of hydrogen-bond donors (Lipinski definition) is 2. The van der Waals surface area contributed by atoms with Crippen LogP contribution >= 0.6 is 15.9 Å². The Labute approximate surface area is 209 Å². The second-order valence-corrected chi connectivity index (χ2v) is 10.4. The van der Waals surface area contributed by atoms with Crippen LogP contribution in [-0.2, 0) is 22.7 Å². The number of halogens is 4. The maximum atomic E-state index is 13.1. The summed E-state index contributed by atoms with van der Waals surface area (Å²) in [5, 5.41) is 7.49. The van der Waals surface area contributed by atoms with E-state index in [9.17, 15) is 21.6 Å². The van der Waals surface area contributed by atoms with E-state index in [0.29, 0.717) is 11.0 Å². The molecular weight excluding hydrogens is 553 g/mol. The number of ether oxygens (including phenoxy) is 1. The fourth-order valence-electron chi connectivity index (χ4n) is 3.26. The number of alkyl halides is 3. The summed E-state index contributed by atoms with van der Waals surface area (Å²) in [7, 11) is -4.08. The van der Waals surface area contributed by atoms with Crippen molar-refractivity contribution in [2.75, 3.05) is 18.5 Å². The molecule has 2 N–H and O–H groups in total. The Bertz CT molecular complexity index is 1280. The molecule has 1 atom stereocenters. The van der Waals surface area contributed by atoms with E-state index in [2.05, 4.69) is 41.0 Å². The van der Waals surface area contributed by atoms with Crippen LogP contribution in [0.3, 0.4) is 0 Å². The molecule has 190 valence electrons. The summed E-state index contributed by atoms with van der Waals surface area (Å²) >= 11 is 3.22. The van der Waals surface area contributed by atoms with Gasteiger partial charge in [-0.3, -0.25) is 4.68 Å². The van der Waals surface area contributed by atoms with E-state index >= 15 is 0 Å². The molecule has 0 aromatic carbocycles. The predicted octanol–water partition coefficient (Wildman–Crippen LogP) is 3.93. The standard InChI is InChI=1S/C21H24BrF3N6O3S/c1-13-9-15(3)31(30-13)12-14(2)29-19-18(10-16(22)11-27-19)35(32,33)28-7-8-34-20-17(21(23,24)25)5-4-6-26-20/h4-6,9-11,14,28H,7-8,12H2,1-3H3,(H,27,29). The van der Waals surface area contributed by atoms with Crippen molar-refractivity contribution in [3.8, 4) is 5.88 Å². The number of nitrogens with one attached hydrogen (secondary N) is 2. The van der Waals surface area contributed by atoms with Crippen LogP contribution in [0.15, 0.2) is 46.0 Å². The van der Waals surface area contributed by atoms with Crippen LogP contribution in [0, 0.1) is 13.8 Å². The third kappa shape index (κ3) is 7.15.